The minimum atomic E-state index is -0.632. The highest BCUT2D eigenvalue weighted by Gasteiger charge is 2.13. The summed E-state index contributed by atoms with van der Waals surface area (Å²) in [6.07, 6.45) is -0.632. The number of benzene rings is 2. The van der Waals surface area contributed by atoms with Crippen molar-refractivity contribution in [3.05, 3.63) is 60.2 Å². The van der Waals surface area contributed by atoms with Gasteiger partial charge in [-0.3, -0.25) is 0 Å². The maximum Gasteiger partial charge on any atom is 0.276 e. The summed E-state index contributed by atoms with van der Waals surface area (Å²) in [6, 6.07) is 17.5. The molecule has 0 aliphatic rings. The third-order valence-corrected chi connectivity index (χ3v) is 4.76. The Morgan fingerprint density at radius 3 is 2.54 bits per heavy atom. The first-order valence-corrected chi connectivity index (χ1v) is 9.53. The van der Waals surface area contributed by atoms with Gasteiger partial charge in [-0.15, -0.1) is 10.2 Å². The van der Waals surface area contributed by atoms with E-state index in [1.165, 1.54) is 11.8 Å². The van der Waals surface area contributed by atoms with Crippen LogP contribution in [0.25, 0.3) is 11.5 Å². The number of hydrogen-bond donors (Lipinski definition) is 1. The Labute approximate surface area is 157 Å². The molecular weight excluding hydrogens is 348 g/mol. The standard InChI is InChI=1S/C20H22N2O3S/c1-14(2)17-10-6-7-11-18(17)24-12-16(23)13-26-20-22-21-19(25-20)15-8-4-3-5-9-15/h3-11,14,16,23H,12-13H2,1-2H3/t16-/m0/s1. The van der Waals surface area contributed by atoms with Crippen molar-refractivity contribution in [2.75, 3.05) is 12.4 Å². The first-order valence-electron chi connectivity index (χ1n) is 8.55. The number of rotatable bonds is 8. The Kier molecular flexibility index (Phi) is 6.30. The molecule has 0 saturated carbocycles. The predicted octanol–water partition coefficient (Wildman–Crippen LogP) is 4.39. The Balaban J connectivity index is 1.51. The van der Waals surface area contributed by atoms with E-state index in [9.17, 15) is 5.11 Å². The molecule has 0 unspecified atom stereocenters. The van der Waals surface area contributed by atoms with Crippen LogP contribution in [0.5, 0.6) is 5.75 Å². The molecule has 0 saturated heterocycles. The Bertz CT molecular complexity index is 821. The largest absolute Gasteiger partial charge is 0.491 e. The smallest absolute Gasteiger partial charge is 0.276 e. The van der Waals surface area contributed by atoms with E-state index in [2.05, 4.69) is 24.0 Å². The molecule has 1 aromatic heterocycles. The lowest BCUT2D eigenvalue weighted by molar-refractivity contribution is 0.125. The van der Waals surface area contributed by atoms with Crippen LogP contribution >= 0.6 is 11.8 Å². The van der Waals surface area contributed by atoms with E-state index in [1.807, 2.05) is 54.6 Å². The average molecular weight is 370 g/mol. The maximum absolute atomic E-state index is 10.2. The van der Waals surface area contributed by atoms with Crippen LogP contribution in [0.15, 0.2) is 64.2 Å². The van der Waals surface area contributed by atoms with Gasteiger partial charge in [0.15, 0.2) is 0 Å². The summed E-state index contributed by atoms with van der Waals surface area (Å²) in [5, 5.41) is 18.7. The number of nitrogens with zero attached hydrogens (tertiary/aromatic N) is 2. The molecule has 6 heteroatoms. The van der Waals surface area contributed by atoms with Gasteiger partial charge < -0.3 is 14.3 Å². The van der Waals surface area contributed by atoms with Crippen molar-refractivity contribution in [3.63, 3.8) is 0 Å². The van der Waals surface area contributed by atoms with Gasteiger partial charge in [-0.2, -0.15) is 0 Å². The van der Waals surface area contributed by atoms with Crippen molar-refractivity contribution in [1.29, 1.82) is 0 Å². The number of aliphatic hydroxyl groups excluding tert-OH is 1. The van der Waals surface area contributed by atoms with Crippen LogP contribution in [0.1, 0.15) is 25.3 Å². The van der Waals surface area contributed by atoms with E-state index in [-0.39, 0.29) is 6.61 Å². The van der Waals surface area contributed by atoms with Crippen molar-refractivity contribution < 1.29 is 14.3 Å². The van der Waals surface area contributed by atoms with E-state index in [0.29, 0.717) is 22.8 Å². The molecule has 0 radical (unpaired) electrons. The maximum atomic E-state index is 10.2. The normalized spacial score (nSPS) is 12.3. The molecule has 3 aromatic rings. The molecule has 2 aromatic carbocycles. The van der Waals surface area contributed by atoms with Gasteiger partial charge >= 0.3 is 0 Å². The second kappa shape index (κ2) is 8.87. The van der Waals surface area contributed by atoms with Gasteiger partial charge in [0, 0.05) is 11.3 Å². The fourth-order valence-corrected chi connectivity index (χ4v) is 3.12. The van der Waals surface area contributed by atoms with Crippen LogP contribution < -0.4 is 4.74 Å². The predicted molar refractivity (Wildman–Crippen MR) is 102 cm³/mol. The van der Waals surface area contributed by atoms with Crippen LogP contribution in [0, 0.1) is 0 Å². The molecule has 0 aliphatic carbocycles. The summed E-state index contributed by atoms with van der Waals surface area (Å²) in [5.74, 6) is 2.08. The van der Waals surface area contributed by atoms with E-state index in [1.54, 1.807) is 0 Å². The topological polar surface area (TPSA) is 68.4 Å². The monoisotopic (exact) mass is 370 g/mol. The second-order valence-corrected chi connectivity index (χ2v) is 7.18. The molecule has 1 heterocycles. The SMILES string of the molecule is CC(C)c1ccccc1OC[C@H](O)CSc1nnc(-c2ccccc2)o1. The lowest BCUT2D eigenvalue weighted by Crippen LogP contribution is -2.20. The molecule has 136 valence electrons. The highest BCUT2D eigenvalue weighted by molar-refractivity contribution is 7.99. The molecule has 0 bridgehead atoms. The Morgan fingerprint density at radius 1 is 1.04 bits per heavy atom. The number of para-hydroxylation sites is 1. The number of ether oxygens (including phenoxy) is 1. The number of aromatic nitrogens is 2. The fourth-order valence-electron chi connectivity index (χ4n) is 2.46. The quantitative estimate of drug-likeness (QED) is 0.593. The first-order chi connectivity index (χ1) is 12.6. The Morgan fingerprint density at radius 2 is 1.77 bits per heavy atom. The summed E-state index contributed by atoms with van der Waals surface area (Å²) in [7, 11) is 0. The highest BCUT2D eigenvalue weighted by Crippen LogP contribution is 2.27. The molecule has 5 nitrogen and oxygen atoms in total. The molecule has 26 heavy (non-hydrogen) atoms. The number of aliphatic hydroxyl groups is 1. The zero-order valence-electron chi connectivity index (χ0n) is 14.8. The molecule has 1 N–H and O–H groups in total. The molecular formula is C20H22N2O3S. The van der Waals surface area contributed by atoms with Crippen LogP contribution in [0.3, 0.4) is 0 Å². The minimum Gasteiger partial charge on any atom is -0.491 e. The summed E-state index contributed by atoms with van der Waals surface area (Å²) < 4.78 is 11.4. The van der Waals surface area contributed by atoms with E-state index in [0.717, 1.165) is 16.9 Å². The van der Waals surface area contributed by atoms with Crippen molar-refractivity contribution >= 4 is 11.8 Å². The molecule has 0 spiro atoms. The lowest BCUT2D eigenvalue weighted by Gasteiger charge is -2.16. The molecule has 1 atom stereocenters. The minimum absolute atomic E-state index is 0.219. The van der Waals surface area contributed by atoms with Gasteiger partial charge in [0.1, 0.15) is 12.4 Å². The van der Waals surface area contributed by atoms with E-state index >= 15 is 0 Å². The van der Waals surface area contributed by atoms with Crippen LogP contribution in [-0.2, 0) is 0 Å². The van der Waals surface area contributed by atoms with Crippen LogP contribution in [0.4, 0.5) is 0 Å². The van der Waals surface area contributed by atoms with Gasteiger partial charge in [-0.25, -0.2) is 0 Å². The zero-order valence-corrected chi connectivity index (χ0v) is 15.6. The molecule has 3 rings (SSSR count). The average Bonchev–Trinajstić information content (AvgIpc) is 3.14. The summed E-state index contributed by atoms with van der Waals surface area (Å²) >= 11 is 1.32. The van der Waals surface area contributed by atoms with E-state index in [4.69, 9.17) is 9.15 Å². The zero-order chi connectivity index (χ0) is 18.4. The highest BCUT2D eigenvalue weighted by atomic mass is 32.2. The summed E-state index contributed by atoms with van der Waals surface area (Å²) in [4.78, 5) is 0. The molecule has 0 aliphatic heterocycles. The Hall–Kier alpha value is -2.31. The van der Waals surface area contributed by atoms with Crippen molar-refractivity contribution in [2.45, 2.75) is 31.1 Å². The van der Waals surface area contributed by atoms with Crippen molar-refractivity contribution in [1.82, 2.24) is 10.2 Å². The van der Waals surface area contributed by atoms with Gasteiger partial charge in [-0.1, -0.05) is 62.0 Å². The summed E-state index contributed by atoms with van der Waals surface area (Å²) in [6.45, 7) is 4.46. The lowest BCUT2D eigenvalue weighted by atomic mass is 10.0. The number of thioether (sulfide) groups is 1. The molecule has 0 fully saturated rings. The molecule has 0 amide bonds. The van der Waals surface area contributed by atoms with Crippen molar-refractivity contribution in [2.24, 2.45) is 0 Å². The van der Waals surface area contributed by atoms with Gasteiger partial charge in [-0.05, 0) is 29.7 Å². The van der Waals surface area contributed by atoms with Crippen LogP contribution in [-0.4, -0.2) is 33.8 Å². The second-order valence-electron chi connectivity index (χ2n) is 6.21. The number of hydrogen-bond acceptors (Lipinski definition) is 6. The summed E-state index contributed by atoms with van der Waals surface area (Å²) in [5.41, 5.74) is 2.01. The third-order valence-electron chi connectivity index (χ3n) is 3.80. The van der Waals surface area contributed by atoms with Gasteiger partial charge in [0.2, 0.25) is 5.89 Å². The first kappa shape index (κ1) is 18.5. The van der Waals surface area contributed by atoms with Crippen LogP contribution in [0.2, 0.25) is 0 Å². The van der Waals surface area contributed by atoms with E-state index < -0.39 is 6.10 Å². The fraction of sp³-hybridized carbons (Fsp3) is 0.300. The third kappa shape index (κ3) is 4.86. The van der Waals surface area contributed by atoms with Crippen molar-refractivity contribution in [3.8, 4) is 17.2 Å². The van der Waals surface area contributed by atoms with Gasteiger partial charge in [0.05, 0.1) is 6.10 Å². The van der Waals surface area contributed by atoms with Gasteiger partial charge in [0.25, 0.3) is 5.22 Å².